The highest BCUT2D eigenvalue weighted by Crippen LogP contribution is 2.27. The first kappa shape index (κ1) is 56.3. The van der Waals surface area contributed by atoms with Gasteiger partial charge in [0.15, 0.2) is 11.1 Å². The van der Waals surface area contributed by atoms with E-state index >= 15 is 0 Å². The first-order valence-electron chi connectivity index (χ1n) is 21.0. The molecule has 9 N–H and O–H groups in total. The van der Waals surface area contributed by atoms with Gasteiger partial charge in [0, 0.05) is 44.9 Å². The average Bonchev–Trinajstić information content (AvgIpc) is 3.78. The Bertz CT molecular complexity index is 1380. The molecule has 0 radical (unpaired) electrons. The van der Waals surface area contributed by atoms with E-state index in [4.69, 9.17) is 36.1 Å². The second-order valence-electron chi connectivity index (χ2n) is 17.2. The first-order valence-corrected chi connectivity index (χ1v) is 21.0. The van der Waals surface area contributed by atoms with E-state index in [-0.39, 0.29) is 50.2 Å². The molecule has 0 aromatic rings. The number of nitrogens with two attached hydrogens (primary N) is 3. The van der Waals surface area contributed by atoms with Crippen LogP contribution >= 0.6 is 0 Å². The molecule has 2 heterocycles. The third kappa shape index (κ3) is 21.6. The fourth-order valence-electron chi connectivity index (χ4n) is 6.29. The van der Waals surface area contributed by atoms with Gasteiger partial charge in [-0.1, -0.05) is 20.8 Å². The Morgan fingerprint density at radius 1 is 0.689 bits per heavy atom. The Morgan fingerprint density at radius 3 is 1.39 bits per heavy atom. The number of nitrogens with zero attached hydrogens (tertiary/aromatic N) is 4. The normalized spacial score (nSPS) is 20.2. The molecule has 0 bridgehead atoms. The molecule has 2 saturated heterocycles. The minimum absolute atomic E-state index is 0.0223. The molecule has 2 aliphatic rings. The van der Waals surface area contributed by atoms with Crippen molar-refractivity contribution in [3.8, 4) is 0 Å². The fraction of sp³-hybridized carbons (Fsp3) is 0.805. The van der Waals surface area contributed by atoms with Gasteiger partial charge in [-0.15, -0.1) is 0 Å². The Balaban J connectivity index is 0.00000106. The van der Waals surface area contributed by atoms with Crippen LogP contribution in [0.2, 0.25) is 0 Å². The number of rotatable bonds is 16. The number of carbonyl (C=O) groups is 6. The van der Waals surface area contributed by atoms with Crippen molar-refractivity contribution in [2.75, 3.05) is 66.6 Å². The molecule has 20 nitrogen and oxygen atoms in total. The SMILES string of the molecule is CCNCC.COC(=O)C1(NC(=O)OC(C)(C)C)CCN(C(=O)[C@H](C)CCCN=C(C)N)C1.COC(=O)C1(NC(=O)OC(C)(C)C)CCN(C(=O)[C@H](N)CCCN=C(C)N)C1. The highest BCUT2D eigenvalue weighted by molar-refractivity contribution is 5.90. The molecule has 0 saturated carbocycles. The minimum atomic E-state index is -1.35. The number of esters is 2. The van der Waals surface area contributed by atoms with E-state index in [0.29, 0.717) is 50.6 Å². The molecule has 2 rings (SSSR count). The van der Waals surface area contributed by atoms with Crippen LogP contribution < -0.4 is 33.2 Å². The summed E-state index contributed by atoms with van der Waals surface area (Å²) in [5, 5.41) is 8.32. The van der Waals surface area contributed by atoms with Gasteiger partial charge in [0.05, 0.1) is 45.0 Å². The lowest BCUT2D eigenvalue weighted by atomic mass is 9.99. The van der Waals surface area contributed by atoms with Gasteiger partial charge in [-0.3, -0.25) is 19.6 Å². The Hall–Kier alpha value is -4.72. The minimum Gasteiger partial charge on any atom is -0.467 e. The topological polar surface area (TPSA) is 285 Å². The van der Waals surface area contributed by atoms with Crippen LogP contribution in [0.25, 0.3) is 0 Å². The number of aliphatic imine (C=N–C) groups is 2. The maximum Gasteiger partial charge on any atom is 0.408 e. The number of hydrogen-bond donors (Lipinski definition) is 6. The number of ether oxygens (including phenoxy) is 4. The van der Waals surface area contributed by atoms with Crippen LogP contribution in [-0.4, -0.2) is 152 Å². The van der Waals surface area contributed by atoms with Crippen molar-refractivity contribution in [3.05, 3.63) is 0 Å². The average molecular weight is 871 g/mol. The van der Waals surface area contributed by atoms with Crippen LogP contribution in [0.4, 0.5) is 9.59 Å². The summed E-state index contributed by atoms with van der Waals surface area (Å²) in [6, 6.07) is -0.719. The second-order valence-corrected chi connectivity index (χ2v) is 17.2. The molecular weight excluding hydrogens is 793 g/mol. The zero-order valence-electron chi connectivity index (χ0n) is 39.2. The quantitative estimate of drug-likeness (QED) is 0.0427. The number of carbonyl (C=O) groups excluding carboxylic acids is 6. The maximum atomic E-state index is 12.8. The Kier molecular flexibility index (Phi) is 24.5. The molecule has 2 fully saturated rings. The lowest BCUT2D eigenvalue weighted by molar-refractivity contribution is -0.149. The lowest BCUT2D eigenvalue weighted by Crippen LogP contribution is -2.58. The molecule has 0 aliphatic carbocycles. The van der Waals surface area contributed by atoms with Crippen LogP contribution in [0.1, 0.15) is 115 Å². The van der Waals surface area contributed by atoms with Gasteiger partial charge in [-0.2, -0.15) is 0 Å². The molecule has 0 spiro atoms. The van der Waals surface area contributed by atoms with Crippen LogP contribution in [0.3, 0.4) is 0 Å². The van der Waals surface area contributed by atoms with Crippen molar-refractivity contribution in [1.29, 1.82) is 0 Å². The summed E-state index contributed by atoms with van der Waals surface area (Å²) < 4.78 is 20.2. The lowest BCUT2D eigenvalue weighted by Gasteiger charge is -2.30. The van der Waals surface area contributed by atoms with Crippen LogP contribution in [0, 0.1) is 5.92 Å². The third-order valence-corrected chi connectivity index (χ3v) is 9.22. The van der Waals surface area contributed by atoms with Gasteiger partial charge in [0.2, 0.25) is 11.8 Å². The number of likely N-dealkylation sites (tertiary alicyclic amines) is 2. The molecule has 61 heavy (non-hydrogen) atoms. The maximum absolute atomic E-state index is 12.8. The monoisotopic (exact) mass is 871 g/mol. The van der Waals surface area contributed by atoms with E-state index in [0.717, 1.165) is 19.5 Å². The van der Waals surface area contributed by atoms with Crippen molar-refractivity contribution < 1.29 is 47.7 Å². The summed E-state index contributed by atoms with van der Waals surface area (Å²) >= 11 is 0. The largest absolute Gasteiger partial charge is 0.467 e. The highest BCUT2D eigenvalue weighted by atomic mass is 16.6. The summed E-state index contributed by atoms with van der Waals surface area (Å²) in [6.45, 7) is 23.8. The summed E-state index contributed by atoms with van der Waals surface area (Å²) in [4.78, 5) is 85.8. The molecule has 2 unspecified atom stereocenters. The van der Waals surface area contributed by atoms with Gasteiger partial charge < -0.3 is 61.9 Å². The number of methoxy groups -OCH3 is 2. The zero-order valence-corrected chi connectivity index (χ0v) is 39.2. The van der Waals surface area contributed by atoms with Crippen molar-refractivity contribution in [2.24, 2.45) is 33.1 Å². The second kappa shape index (κ2) is 26.6. The van der Waals surface area contributed by atoms with Gasteiger partial charge in [0.1, 0.15) is 11.2 Å². The van der Waals surface area contributed by atoms with Crippen molar-refractivity contribution >= 4 is 47.6 Å². The molecule has 2 aliphatic heterocycles. The van der Waals surface area contributed by atoms with Gasteiger partial charge in [0.25, 0.3) is 0 Å². The molecule has 20 heteroatoms. The van der Waals surface area contributed by atoms with E-state index in [1.54, 1.807) is 60.3 Å². The third-order valence-electron chi connectivity index (χ3n) is 9.22. The smallest absolute Gasteiger partial charge is 0.408 e. The molecule has 4 amide bonds. The van der Waals surface area contributed by atoms with E-state index < -0.39 is 52.4 Å². The standard InChI is InChI=1S/C19H34N4O5.C18H33N5O5.C4H11N/c1-13(8-7-10-21-14(2)20)15(24)23-11-9-19(12-23,16(25)27-6)22-17(26)28-18(3,4)5;1-12(19)21-9-6-7-13(20)14(24)23-10-8-18(11-23,15(25)27-5)22-16(26)28-17(2,3)4;1-3-5-4-2/h13H,7-12H2,1-6H3,(H2,20,21)(H,22,26);13H,6-11,20H2,1-5H3,(H2,19,21)(H,22,26);5H,3-4H2,1-2H3/t13-,19?;13-,18?;/m11./s1. The number of amidine groups is 2. The summed E-state index contributed by atoms with van der Waals surface area (Å²) in [6.07, 6.45) is 1.50. The van der Waals surface area contributed by atoms with Crippen molar-refractivity contribution in [3.63, 3.8) is 0 Å². The predicted molar refractivity (Wildman–Crippen MR) is 235 cm³/mol. The van der Waals surface area contributed by atoms with E-state index in [9.17, 15) is 28.8 Å². The number of amides is 4. The Morgan fingerprint density at radius 2 is 1.07 bits per heavy atom. The summed E-state index contributed by atoms with van der Waals surface area (Å²) in [5.74, 6) is -0.784. The van der Waals surface area contributed by atoms with E-state index in [2.05, 4.69) is 39.8 Å². The molecule has 0 aromatic carbocycles. The zero-order chi connectivity index (χ0) is 47.2. The summed E-state index contributed by atoms with van der Waals surface area (Å²) in [7, 11) is 2.49. The van der Waals surface area contributed by atoms with Gasteiger partial charge in [-0.25, -0.2) is 19.2 Å². The number of nitrogens with one attached hydrogen (secondary N) is 3. The molecule has 0 aromatic heterocycles. The van der Waals surface area contributed by atoms with Crippen LogP contribution in [-0.2, 0) is 38.1 Å². The summed E-state index contributed by atoms with van der Waals surface area (Å²) in [5.41, 5.74) is 12.9. The highest BCUT2D eigenvalue weighted by Gasteiger charge is 2.50. The van der Waals surface area contributed by atoms with Crippen molar-refractivity contribution in [1.82, 2.24) is 25.8 Å². The number of hydrogen-bond acceptors (Lipinski definition) is 14. The molecule has 4 atom stereocenters. The first-order chi connectivity index (χ1) is 28.2. The van der Waals surface area contributed by atoms with E-state index in [1.165, 1.54) is 19.1 Å². The fourth-order valence-corrected chi connectivity index (χ4v) is 6.29. The van der Waals surface area contributed by atoms with Crippen LogP contribution in [0.15, 0.2) is 9.98 Å². The molecular formula is C41H78N10O10. The Labute approximate surface area is 363 Å². The number of alkyl carbamates (subject to hydrolysis) is 2. The predicted octanol–water partition coefficient (Wildman–Crippen LogP) is 2.20. The van der Waals surface area contributed by atoms with Crippen molar-refractivity contribution in [2.45, 2.75) is 143 Å². The molecule has 352 valence electrons. The van der Waals surface area contributed by atoms with Gasteiger partial charge in [-0.05, 0) is 94.2 Å². The van der Waals surface area contributed by atoms with Gasteiger partial charge >= 0.3 is 24.1 Å². The van der Waals surface area contributed by atoms with Crippen LogP contribution in [0.5, 0.6) is 0 Å². The van der Waals surface area contributed by atoms with E-state index in [1.807, 2.05) is 6.92 Å².